The predicted octanol–water partition coefficient (Wildman–Crippen LogP) is 10.0. The third-order valence-corrected chi connectivity index (χ3v) is 6.35. The summed E-state index contributed by atoms with van der Waals surface area (Å²) in [5.41, 5.74) is 0. The van der Waals surface area contributed by atoms with Crippen molar-refractivity contribution in [2.75, 3.05) is 6.61 Å². The molecular weight excluding hydrogens is 380 g/mol. The lowest BCUT2D eigenvalue weighted by Gasteiger charge is -2.06. The molecule has 0 amide bonds. The smallest absolute Gasteiger partial charge is 0.305 e. The van der Waals surface area contributed by atoms with Crippen molar-refractivity contribution < 1.29 is 9.53 Å². The molecule has 0 N–H and O–H groups in total. The summed E-state index contributed by atoms with van der Waals surface area (Å²) in [6, 6.07) is 0. The summed E-state index contributed by atoms with van der Waals surface area (Å²) in [7, 11) is 0. The van der Waals surface area contributed by atoms with E-state index in [4.69, 9.17) is 4.74 Å². The Morgan fingerprint density at radius 1 is 0.484 bits per heavy atom. The Kier molecular flexibility index (Phi) is 23.7. The first-order chi connectivity index (χ1) is 15.0. The predicted molar refractivity (Wildman–Crippen MR) is 138 cm³/mol. The highest BCUT2D eigenvalue weighted by Crippen LogP contribution is 2.14. The molecule has 31 heavy (non-hydrogen) atoms. The normalized spacial score (nSPS) is 11.5. The lowest BCUT2D eigenvalue weighted by molar-refractivity contribution is -0.143. The van der Waals surface area contributed by atoms with E-state index in [1.807, 2.05) is 0 Å². The SMILES string of the molecule is CC(C)CCCCCCCCCCCCOC(=O)CCCCCCCCCCC(C)C. The summed E-state index contributed by atoms with van der Waals surface area (Å²) >= 11 is 0. The van der Waals surface area contributed by atoms with Gasteiger partial charge in [0.15, 0.2) is 0 Å². The molecule has 0 saturated carbocycles. The van der Waals surface area contributed by atoms with Crippen LogP contribution in [0.3, 0.4) is 0 Å². The Morgan fingerprint density at radius 2 is 0.806 bits per heavy atom. The van der Waals surface area contributed by atoms with Crippen molar-refractivity contribution in [1.29, 1.82) is 0 Å². The van der Waals surface area contributed by atoms with Crippen LogP contribution >= 0.6 is 0 Å². The molecule has 0 fully saturated rings. The monoisotopic (exact) mass is 438 g/mol. The number of rotatable bonds is 24. The van der Waals surface area contributed by atoms with Crippen molar-refractivity contribution in [3.63, 3.8) is 0 Å². The van der Waals surface area contributed by atoms with E-state index in [2.05, 4.69) is 27.7 Å². The molecule has 0 radical (unpaired) electrons. The minimum absolute atomic E-state index is 0.0196. The Bertz CT molecular complexity index is 362. The van der Waals surface area contributed by atoms with Crippen LogP contribution in [0.15, 0.2) is 0 Å². The number of hydrogen-bond donors (Lipinski definition) is 0. The lowest BCUT2D eigenvalue weighted by atomic mass is 10.0. The second-order valence-corrected chi connectivity index (χ2v) is 10.7. The molecule has 0 aliphatic rings. The van der Waals surface area contributed by atoms with Gasteiger partial charge in [0.25, 0.3) is 0 Å². The Balaban J connectivity index is 3.17. The first-order valence-electron chi connectivity index (χ1n) is 14.2. The molecule has 0 aromatic carbocycles. The molecule has 186 valence electrons. The van der Waals surface area contributed by atoms with Gasteiger partial charge >= 0.3 is 5.97 Å². The highest BCUT2D eigenvalue weighted by atomic mass is 16.5. The maximum absolute atomic E-state index is 11.8. The van der Waals surface area contributed by atoms with Crippen LogP contribution in [0.4, 0.5) is 0 Å². The molecule has 0 bridgehead atoms. The number of carbonyl (C=O) groups is 1. The molecule has 0 aromatic heterocycles. The number of unbranched alkanes of at least 4 members (excludes halogenated alkanes) is 16. The molecule has 0 spiro atoms. The van der Waals surface area contributed by atoms with Gasteiger partial charge in [-0.05, 0) is 24.7 Å². The van der Waals surface area contributed by atoms with Gasteiger partial charge in [0, 0.05) is 6.42 Å². The molecule has 0 rings (SSSR count). The molecule has 0 heterocycles. The van der Waals surface area contributed by atoms with E-state index in [9.17, 15) is 4.79 Å². The first kappa shape index (κ1) is 30.5. The molecule has 2 nitrogen and oxygen atoms in total. The number of carbonyl (C=O) groups excluding carboxylic acids is 1. The maximum atomic E-state index is 11.8. The molecule has 0 unspecified atom stereocenters. The van der Waals surface area contributed by atoms with Crippen LogP contribution in [0.25, 0.3) is 0 Å². The Hall–Kier alpha value is -0.530. The van der Waals surface area contributed by atoms with Crippen molar-refractivity contribution in [2.45, 2.75) is 163 Å². The van der Waals surface area contributed by atoms with E-state index < -0.39 is 0 Å². The summed E-state index contributed by atoms with van der Waals surface area (Å²) in [4.78, 5) is 11.8. The van der Waals surface area contributed by atoms with Crippen LogP contribution in [-0.2, 0) is 9.53 Å². The molecular formula is C29H58O2. The summed E-state index contributed by atoms with van der Waals surface area (Å²) in [6.45, 7) is 9.89. The maximum Gasteiger partial charge on any atom is 0.305 e. The zero-order valence-electron chi connectivity index (χ0n) is 22.0. The lowest BCUT2D eigenvalue weighted by Crippen LogP contribution is -2.05. The Labute approximate surface area is 196 Å². The fourth-order valence-electron chi connectivity index (χ4n) is 4.21. The fourth-order valence-corrected chi connectivity index (χ4v) is 4.21. The molecule has 0 saturated heterocycles. The average molecular weight is 439 g/mol. The average Bonchev–Trinajstić information content (AvgIpc) is 2.72. The molecule has 0 aliphatic heterocycles. The number of esters is 1. The van der Waals surface area contributed by atoms with Crippen LogP contribution in [0.2, 0.25) is 0 Å². The first-order valence-corrected chi connectivity index (χ1v) is 14.2. The standard InChI is InChI=1S/C29H58O2/c1-27(2)23-19-15-11-7-5-6-10-14-18-22-26-31-29(30)25-21-17-13-9-8-12-16-20-24-28(3)4/h27-28H,5-26H2,1-4H3. The van der Waals surface area contributed by atoms with E-state index in [0.29, 0.717) is 13.0 Å². The summed E-state index contributed by atoms with van der Waals surface area (Å²) < 4.78 is 5.39. The summed E-state index contributed by atoms with van der Waals surface area (Å²) in [5, 5.41) is 0. The molecule has 0 atom stereocenters. The second-order valence-electron chi connectivity index (χ2n) is 10.7. The minimum atomic E-state index is 0.0196. The van der Waals surface area contributed by atoms with Crippen LogP contribution in [0.1, 0.15) is 163 Å². The van der Waals surface area contributed by atoms with E-state index >= 15 is 0 Å². The number of hydrogen-bond acceptors (Lipinski definition) is 2. The van der Waals surface area contributed by atoms with Crippen molar-refractivity contribution in [1.82, 2.24) is 0 Å². The number of ether oxygens (including phenoxy) is 1. The second kappa shape index (κ2) is 24.1. The van der Waals surface area contributed by atoms with Crippen LogP contribution in [0, 0.1) is 11.8 Å². The van der Waals surface area contributed by atoms with Gasteiger partial charge in [-0.1, -0.05) is 143 Å². The third kappa shape index (κ3) is 27.4. The molecule has 0 aliphatic carbocycles. The largest absolute Gasteiger partial charge is 0.466 e. The van der Waals surface area contributed by atoms with Crippen molar-refractivity contribution in [3.8, 4) is 0 Å². The van der Waals surface area contributed by atoms with Gasteiger partial charge < -0.3 is 4.74 Å². The van der Waals surface area contributed by atoms with Crippen molar-refractivity contribution >= 4 is 5.97 Å². The fraction of sp³-hybridized carbons (Fsp3) is 0.966. The van der Waals surface area contributed by atoms with Gasteiger partial charge in [0.05, 0.1) is 6.61 Å². The zero-order valence-corrected chi connectivity index (χ0v) is 22.0. The minimum Gasteiger partial charge on any atom is -0.466 e. The van der Waals surface area contributed by atoms with Gasteiger partial charge in [-0.2, -0.15) is 0 Å². The van der Waals surface area contributed by atoms with Crippen molar-refractivity contribution in [2.24, 2.45) is 11.8 Å². The summed E-state index contributed by atoms with van der Waals surface area (Å²) in [5.74, 6) is 1.73. The zero-order chi connectivity index (χ0) is 23.0. The van der Waals surface area contributed by atoms with Gasteiger partial charge in [-0.25, -0.2) is 0 Å². The van der Waals surface area contributed by atoms with E-state index in [-0.39, 0.29) is 5.97 Å². The van der Waals surface area contributed by atoms with E-state index in [1.54, 1.807) is 0 Å². The third-order valence-electron chi connectivity index (χ3n) is 6.35. The van der Waals surface area contributed by atoms with Crippen molar-refractivity contribution in [3.05, 3.63) is 0 Å². The highest BCUT2D eigenvalue weighted by Gasteiger charge is 2.03. The van der Waals surface area contributed by atoms with Gasteiger partial charge in [0.2, 0.25) is 0 Å². The molecule has 0 aromatic rings. The van der Waals surface area contributed by atoms with Gasteiger partial charge in [-0.3, -0.25) is 4.79 Å². The molecule has 2 heteroatoms. The van der Waals surface area contributed by atoms with E-state index in [0.717, 1.165) is 24.7 Å². The highest BCUT2D eigenvalue weighted by molar-refractivity contribution is 5.69. The quantitative estimate of drug-likeness (QED) is 0.111. The van der Waals surface area contributed by atoms with Crippen LogP contribution in [-0.4, -0.2) is 12.6 Å². The van der Waals surface area contributed by atoms with E-state index in [1.165, 1.54) is 116 Å². The Morgan fingerprint density at radius 3 is 1.19 bits per heavy atom. The van der Waals surface area contributed by atoms with Gasteiger partial charge in [0.1, 0.15) is 0 Å². The van der Waals surface area contributed by atoms with Crippen LogP contribution in [0.5, 0.6) is 0 Å². The van der Waals surface area contributed by atoms with Gasteiger partial charge in [-0.15, -0.1) is 0 Å². The summed E-state index contributed by atoms with van der Waals surface area (Å²) in [6.07, 6.45) is 27.0. The van der Waals surface area contributed by atoms with Crippen LogP contribution < -0.4 is 0 Å². The topological polar surface area (TPSA) is 26.3 Å².